The summed E-state index contributed by atoms with van der Waals surface area (Å²) in [5, 5.41) is -4.86. The molecule has 0 aliphatic carbocycles. The molecule has 8 aromatic carbocycles. The Bertz CT molecular complexity index is 3100. The van der Waals surface area contributed by atoms with E-state index < -0.39 is 199 Å². The number of benzene rings is 8. The van der Waals surface area contributed by atoms with Crippen molar-refractivity contribution < 1.29 is 83.4 Å². The van der Waals surface area contributed by atoms with E-state index in [-0.39, 0.29) is 6.07 Å². The minimum Gasteiger partial charge on any atom is -0.206 e. The van der Waals surface area contributed by atoms with Gasteiger partial charge in [0.15, 0.2) is 87.3 Å². The van der Waals surface area contributed by atoms with Crippen LogP contribution in [0.3, 0.4) is 0 Å². The smallest absolute Gasteiger partial charge is 0.200 e. The summed E-state index contributed by atoms with van der Waals surface area (Å²) in [5.41, 5.74) is -13.3. The minimum absolute atomic E-state index is 0.242. The first kappa shape index (κ1) is 41.2. The first-order chi connectivity index (χ1) is 28.7. The van der Waals surface area contributed by atoms with Crippen molar-refractivity contribution >= 4 is 32.3 Å². The van der Waals surface area contributed by atoms with Crippen molar-refractivity contribution in [1.82, 2.24) is 0 Å². The molecule has 61 heavy (non-hydrogen) atoms. The fourth-order valence-corrected chi connectivity index (χ4v) is 7.57. The summed E-state index contributed by atoms with van der Waals surface area (Å²) in [6, 6.07) is 3.35. The summed E-state index contributed by atoms with van der Waals surface area (Å²) in [6.07, 6.45) is -0.714. The normalized spacial score (nSPS) is 12.0. The van der Waals surface area contributed by atoms with E-state index in [4.69, 9.17) is 0 Å². The van der Waals surface area contributed by atoms with E-state index in [9.17, 15) is 43.9 Å². The van der Waals surface area contributed by atoms with Crippen molar-refractivity contribution in [2.24, 2.45) is 0 Å². The molecule has 19 heteroatoms. The Hall–Kier alpha value is -6.53. The van der Waals surface area contributed by atoms with Gasteiger partial charge in [0.25, 0.3) is 0 Å². The molecule has 0 spiro atoms. The Morgan fingerprint density at radius 1 is 0.262 bits per heavy atom. The topological polar surface area (TPSA) is 0 Å². The average Bonchev–Trinajstić information content (AvgIpc) is 3.24. The van der Waals surface area contributed by atoms with Gasteiger partial charge >= 0.3 is 0 Å². The third-order valence-corrected chi connectivity index (χ3v) is 10.3. The van der Waals surface area contributed by atoms with Gasteiger partial charge in [0.05, 0.1) is 22.3 Å². The molecule has 0 radical (unpaired) electrons. The van der Waals surface area contributed by atoms with Crippen LogP contribution < -0.4 is 0 Å². The zero-order valence-corrected chi connectivity index (χ0v) is 29.4. The van der Waals surface area contributed by atoms with E-state index in [1.807, 2.05) is 0 Å². The summed E-state index contributed by atoms with van der Waals surface area (Å²) in [6.45, 7) is 1.06. The maximum Gasteiger partial charge on any atom is 0.200 e. The SMILES string of the molecule is CCc1c(F)c(F)c(F)c(-c2cc(-c3c(F)c(F)c(F)c(F)c3F)c3ccc4c(-c5c(F)c(F)c(F)c(F)c5F)cc(-c5c(F)c(F)c(F)c(F)c5F)c5ccc2c3c45)c1F. The fourth-order valence-electron chi connectivity index (χ4n) is 7.57. The van der Waals surface area contributed by atoms with Gasteiger partial charge in [0.1, 0.15) is 5.82 Å². The number of hydrogen-bond acceptors (Lipinski definition) is 0. The Labute approximate surface area is 326 Å². The van der Waals surface area contributed by atoms with Crippen LogP contribution in [0, 0.1) is 111 Å². The molecule has 0 amide bonds. The molecule has 0 heterocycles. The quantitative estimate of drug-likeness (QED) is 0.0699. The molecule has 0 N–H and O–H groups in total. The van der Waals surface area contributed by atoms with Gasteiger partial charge < -0.3 is 0 Å². The monoisotopic (exact) mass is 876 g/mol. The predicted octanol–water partition coefficient (Wildman–Crippen LogP) is 14.5. The Balaban J connectivity index is 1.71. The number of hydrogen-bond donors (Lipinski definition) is 0. The molecule has 312 valence electrons. The highest BCUT2D eigenvalue weighted by molar-refractivity contribution is 6.32. The summed E-state index contributed by atoms with van der Waals surface area (Å²) in [5.74, 6) is -48.3. The molecular weight excluding hydrogens is 865 g/mol. The van der Waals surface area contributed by atoms with Gasteiger partial charge in [-0.15, -0.1) is 0 Å². The van der Waals surface area contributed by atoms with E-state index >= 15 is 39.5 Å². The maximum absolute atomic E-state index is 16.2. The molecule has 8 rings (SSSR count). The first-order valence-electron chi connectivity index (χ1n) is 16.9. The van der Waals surface area contributed by atoms with Crippen molar-refractivity contribution in [3.05, 3.63) is 152 Å². The minimum atomic E-state index is -2.73. The van der Waals surface area contributed by atoms with Crippen molar-refractivity contribution in [3.63, 3.8) is 0 Å². The molecule has 0 saturated carbocycles. The van der Waals surface area contributed by atoms with Gasteiger partial charge in [-0.3, -0.25) is 0 Å². The van der Waals surface area contributed by atoms with Crippen LogP contribution in [0.4, 0.5) is 83.4 Å². The third kappa shape index (κ3) is 5.43. The zero-order valence-electron chi connectivity index (χ0n) is 29.4. The van der Waals surface area contributed by atoms with Gasteiger partial charge in [-0.05, 0) is 73.1 Å². The highest BCUT2D eigenvalue weighted by Crippen LogP contribution is 2.52. The highest BCUT2D eigenvalue weighted by atomic mass is 19.2. The molecule has 0 unspecified atom stereocenters. The highest BCUT2D eigenvalue weighted by Gasteiger charge is 2.35. The molecule has 0 fully saturated rings. The molecule has 0 atom stereocenters. The van der Waals surface area contributed by atoms with Gasteiger partial charge in [-0.25, -0.2) is 83.4 Å². The molecule has 0 aliphatic heterocycles. The molecule has 0 aromatic heterocycles. The third-order valence-electron chi connectivity index (χ3n) is 10.3. The molecule has 0 aliphatic rings. The van der Waals surface area contributed by atoms with Crippen LogP contribution in [0.15, 0.2) is 36.4 Å². The van der Waals surface area contributed by atoms with Gasteiger partial charge in [-0.2, -0.15) is 0 Å². The summed E-state index contributed by atoms with van der Waals surface area (Å²) >= 11 is 0. The van der Waals surface area contributed by atoms with Crippen LogP contribution in [0.5, 0.6) is 0 Å². The first-order valence-corrected chi connectivity index (χ1v) is 16.9. The van der Waals surface area contributed by atoms with E-state index in [2.05, 4.69) is 0 Å². The Morgan fingerprint density at radius 2 is 0.459 bits per heavy atom. The molecule has 8 aromatic rings. The zero-order chi connectivity index (χ0) is 44.6. The van der Waals surface area contributed by atoms with Gasteiger partial charge in [0.2, 0.25) is 17.5 Å². The Kier molecular flexibility index (Phi) is 9.47. The lowest BCUT2D eigenvalue weighted by Crippen LogP contribution is -2.08. The standard InChI is InChI=1S/C42H11F19/c1-2-9-24(43)20(26(45)33(52)25(9)44)14-7-15(21-27(46)34(53)40(59)35(54)28(21)47)11-5-6-13-17(23-31(50)38(57)42(61)39(58)32(23)51)8-16(12-4-3-10(14)18(11)19(12)13)22-29(48)36(55)41(60)37(56)30(22)49/h3-8H,2H2,1H3. The second-order valence-electron chi connectivity index (χ2n) is 13.3. The van der Waals surface area contributed by atoms with E-state index in [0.29, 0.717) is 24.3 Å². The lowest BCUT2D eigenvalue weighted by atomic mass is 9.81. The molecule has 0 bridgehead atoms. The van der Waals surface area contributed by atoms with Crippen LogP contribution in [-0.4, -0.2) is 0 Å². The van der Waals surface area contributed by atoms with Crippen LogP contribution in [0.2, 0.25) is 0 Å². The van der Waals surface area contributed by atoms with Crippen LogP contribution in [0.1, 0.15) is 12.5 Å². The largest absolute Gasteiger partial charge is 0.206 e. The second kappa shape index (κ2) is 14.0. The predicted molar refractivity (Wildman–Crippen MR) is 180 cm³/mol. The lowest BCUT2D eigenvalue weighted by molar-refractivity contribution is 0.381. The van der Waals surface area contributed by atoms with Crippen LogP contribution in [-0.2, 0) is 6.42 Å². The summed E-state index contributed by atoms with van der Waals surface area (Å²) in [4.78, 5) is 0. The average molecular weight is 877 g/mol. The second-order valence-corrected chi connectivity index (χ2v) is 13.3. The van der Waals surface area contributed by atoms with Gasteiger partial charge in [-0.1, -0.05) is 31.2 Å². The van der Waals surface area contributed by atoms with Crippen LogP contribution in [0.25, 0.3) is 76.8 Å². The van der Waals surface area contributed by atoms with Gasteiger partial charge in [0, 0.05) is 5.56 Å². The molecular formula is C42H11F19. The van der Waals surface area contributed by atoms with Crippen molar-refractivity contribution in [1.29, 1.82) is 0 Å². The molecule has 0 saturated heterocycles. The fraction of sp³-hybridized carbons (Fsp3) is 0.0476. The van der Waals surface area contributed by atoms with E-state index in [0.717, 1.165) is 13.0 Å². The number of rotatable bonds is 5. The summed E-state index contributed by atoms with van der Waals surface area (Å²) in [7, 11) is 0. The van der Waals surface area contributed by atoms with Crippen molar-refractivity contribution in [2.45, 2.75) is 13.3 Å². The van der Waals surface area contributed by atoms with Crippen LogP contribution >= 0.6 is 0 Å². The molecule has 0 nitrogen and oxygen atoms in total. The van der Waals surface area contributed by atoms with E-state index in [1.165, 1.54) is 0 Å². The lowest BCUT2D eigenvalue weighted by Gasteiger charge is -2.23. The van der Waals surface area contributed by atoms with Crippen molar-refractivity contribution in [3.8, 4) is 44.5 Å². The van der Waals surface area contributed by atoms with E-state index in [1.54, 1.807) is 0 Å². The maximum atomic E-state index is 16.2. The van der Waals surface area contributed by atoms with Crippen molar-refractivity contribution in [2.75, 3.05) is 0 Å². The Morgan fingerprint density at radius 3 is 0.689 bits per heavy atom. The number of halogens is 19. The summed E-state index contributed by atoms with van der Waals surface area (Å²) < 4.78 is 287.